The fraction of sp³-hybridized carbons (Fsp3) is 0.212. The van der Waals surface area contributed by atoms with E-state index in [4.69, 9.17) is 25.8 Å². The molecule has 6 nitrogen and oxygen atoms in total. The number of ether oxygens (including phenoxy) is 3. The third-order valence-corrected chi connectivity index (χ3v) is 7.29. The number of hydrogen-bond acceptors (Lipinski definition) is 6. The van der Waals surface area contributed by atoms with Gasteiger partial charge in [-0.25, -0.2) is 14.4 Å². The van der Waals surface area contributed by atoms with Crippen LogP contribution in [-0.2, 0) is 13.2 Å². The van der Waals surface area contributed by atoms with Crippen molar-refractivity contribution in [1.82, 2.24) is 9.97 Å². The van der Waals surface area contributed by atoms with Gasteiger partial charge in [0, 0.05) is 17.8 Å². The van der Waals surface area contributed by atoms with Crippen molar-refractivity contribution in [1.29, 1.82) is 0 Å². The molecule has 1 heterocycles. The second-order valence-electron chi connectivity index (χ2n) is 10.0. The van der Waals surface area contributed by atoms with E-state index in [1.807, 2.05) is 48.5 Å². The number of anilines is 2. The number of halogens is 2. The van der Waals surface area contributed by atoms with Crippen LogP contribution in [0.2, 0.25) is 5.02 Å². The Bertz CT molecular complexity index is 1640. The van der Waals surface area contributed by atoms with E-state index in [9.17, 15) is 4.39 Å². The number of nitrogens with one attached hydrogen (secondary N) is 1. The van der Waals surface area contributed by atoms with Crippen molar-refractivity contribution in [3.05, 3.63) is 113 Å². The Morgan fingerprint density at radius 2 is 1.61 bits per heavy atom. The maximum Gasteiger partial charge on any atom is 0.145 e. The Morgan fingerprint density at radius 1 is 0.805 bits per heavy atom. The molecule has 208 valence electrons. The molecule has 0 saturated heterocycles. The molecule has 0 amide bonds. The third kappa shape index (κ3) is 6.69. The zero-order valence-electron chi connectivity index (χ0n) is 22.4. The highest BCUT2D eigenvalue weighted by Gasteiger charge is 2.21. The van der Waals surface area contributed by atoms with Gasteiger partial charge in [-0.2, -0.15) is 0 Å². The van der Waals surface area contributed by atoms with Crippen LogP contribution in [0.5, 0.6) is 17.2 Å². The van der Waals surface area contributed by atoms with Crippen LogP contribution in [0.25, 0.3) is 10.9 Å². The number of fused-ring (bicyclic) bond motifs is 1. The predicted octanol–water partition coefficient (Wildman–Crippen LogP) is 8.65. The molecule has 1 aliphatic carbocycles. The van der Waals surface area contributed by atoms with Crippen molar-refractivity contribution in [2.45, 2.75) is 45.0 Å². The summed E-state index contributed by atoms with van der Waals surface area (Å²) in [4.78, 5) is 9.09. The second kappa shape index (κ2) is 12.4. The topological polar surface area (TPSA) is 65.5 Å². The van der Waals surface area contributed by atoms with Crippen molar-refractivity contribution < 1.29 is 18.6 Å². The van der Waals surface area contributed by atoms with E-state index in [0.717, 1.165) is 47.9 Å². The molecule has 1 saturated carbocycles. The lowest BCUT2D eigenvalue weighted by atomic mass is 10.1. The van der Waals surface area contributed by atoms with Crippen molar-refractivity contribution in [2.75, 3.05) is 5.32 Å². The van der Waals surface area contributed by atoms with E-state index in [0.29, 0.717) is 40.2 Å². The first kappa shape index (κ1) is 26.8. The summed E-state index contributed by atoms with van der Waals surface area (Å²) in [5.74, 6) is 2.16. The van der Waals surface area contributed by atoms with Gasteiger partial charge < -0.3 is 19.5 Å². The minimum Gasteiger partial charge on any atom is -0.489 e. The summed E-state index contributed by atoms with van der Waals surface area (Å²) in [5.41, 5.74) is 3.24. The summed E-state index contributed by atoms with van der Waals surface area (Å²) in [7, 11) is 0. The van der Waals surface area contributed by atoms with Crippen LogP contribution in [0.15, 0.2) is 91.3 Å². The molecular formula is C33H29ClFN3O3. The van der Waals surface area contributed by atoms with Gasteiger partial charge in [0.25, 0.3) is 0 Å². The number of nitrogens with zero attached hydrogens (tertiary/aromatic N) is 2. The molecule has 6 rings (SSSR count). The lowest BCUT2D eigenvalue weighted by molar-refractivity contribution is 0.211. The van der Waals surface area contributed by atoms with Gasteiger partial charge in [-0.05, 0) is 67.1 Å². The van der Waals surface area contributed by atoms with Crippen LogP contribution in [0.1, 0.15) is 36.8 Å². The van der Waals surface area contributed by atoms with Gasteiger partial charge in [-0.1, -0.05) is 54.1 Å². The smallest absolute Gasteiger partial charge is 0.145 e. The van der Waals surface area contributed by atoms with Gasteiger partial charge in [0.05, 0.1) is 22.0 Å². The molecule has 0 bridgehead atoms. The maximum absolute atomic E-state index is 13.5. The van der Waals surface area contributed by atoms with Crippen molar-refractivity contribution in [2.24, 2.45) is 0 Å². The standard InChI is InChI=1S/C33H29ClFN3O3/c34-28-16-25(13-14-30(28)40-20-23-9-6-10-24(35)15-23)38-33-32-29(36-21-37-33)17-27(39-19-22-7-2-1-3-8-22)18-31(32)41-26-11-4-5-12-26/h1-3,6-10,13-18,21,26H,4-5,11-12,19-20H2,(H,36,37,38). The molecule has 0 unspecified atom stereocenters. The average molecular weight is 570 g/mol. The number of aromatic nitrogens is 2. The molecular weight excluding hydrogens is 541 g/mol. The SMILES string of the molecule is Fc1cccc(COc2ccc(Nc3ncnc4cc(OCc5ccccc5)cc(OC5CCCC5)c34)cc2Cl)c1. The van der Waals surface area contributed by atoms with Crippen LogP contribution in [0.4, 0.5) is 15.9 Å². The normalized spacial score (nSPS) is 13.3. The molecule has 1 fully saturated rings. The minimum absolute atomic E-state index is 0.139. The van der Waals surface area contributed by atoms with Gasteiger partial charge >= 0.3 is 0 Å². The fourth-order valence-corrected chi connectivity index (χ4v) is 5.18. The fourth-order valence-electron chi connectivity index (χ4n) is 4.95. The molecule has 4 aromatic carbocycles. The van der Waals surface area contributed by atoms with E-state index in [1.165, 1.54) is 18.5 Å². The summed E-state index contributed by atoms with van der Waals surface area (Å²) in [6.45, 7) is 0.648. The van der Waals surface area contributed by atoms with Crippen LogP contribution in [0.3, 0.4) is 0 Å². The summed E-state index contributed by atoms with van der Waals surface area (Å²) in [6, 6.07) is 25.6. The summed E-state index contributed by atoms with van der Waals surface area (Å²) in [6.07, 6.45) is 5.99. The van der Waals surface area contributed by atoms with E-state index in [-0.39, 0.29) is 18.5 Å². The zero-order chi connectivity index (χ0) is 28.0. The Hall–Kier alpha value is -4.36. The number of benzene rings is 4. The highest BCUT2D eigenvalue weighted by molar-refractivity contribution is 6.32. The zero-order valence-corrected chi connectivity index (χ0v) is 23.1. The van der Waals surface area contributed by atoms with E-state index in [2.05, 4.69) is 15.3 Å². The molecule has 0 atom stereocenters. The van der Waals surface area contributed by atoms with Crippen LogP contribution in [0, 0.1) is 5.82 Å². The molecule has 0 aliphatic heterocycles. The first-order chi connectivity index (χ1) is 20.1. The lowest BCUT2D eigenvalue weighted by Crippen LogP contribution is -2.12. The summed E-state index contributed by atoms with van der Waals surface area (Å²) >= 11 is 6.55. The van der Waals surface area contributed by atoms with Gasteiger partial charge in [-0.3, -0.25) is 0 Å². The first-order valence-corrected chi connectivity index (χ1v) is 14.0. The second-order valence-corrected chi connectivity index (χ2v) is 10.4. The minimum atomic E-state index is -0.306. The van der Waals surface area contributed by atoms with Crippen molar-refractivity contribution in [3.8, 4) is 17.2 Å². The Morgan fingerprint density at radius 3 is 2.41 bits per heavy atom. The van der Waals surface area contributed by atoms with Gasteiger partial charge in [-0.15, -0.1) is 0 Å². The Kier molecular flexibility index (Phi) is 8.14. The quantitative estimate of drug-likeness (QED) is 0.181. The van der Waals surface area contributed by atoms with Crippen LogP contribution < -0.4 is 19.5 Å². The largest absolute Gasteiger partial charge is 0.489 e. The molecule has 0 spiro atoms. The molecule has 1 aliphatic rings. The molecule has 1 N–H and O–H groups in total. The van der Waals surface area contributed by atoms with E-state index >= 15 is 0 Å². The third-order valence-electron chi connectivity index (χ3n) is 7.00. The van der Waals surface area contributed by atoms with Crippen molar-refractivity contribution >= 4 is 34.0 Å². The molecule has 41 heavy (non-hydrogen) atoms. The Labute approximate surface area is 243 Å². The predicted molar refractivity (Wildman–Crippen MR) is 159 cm³/mol. The van der Waals surface area contributed by atoms with Crippen LogP contribution >= 0.6 is 11.6 Å². The molecule has 8 heteroatoms. The Balaban J connectivity index is 1.25. The van der Waals surface area contributed by atoms with E-state index in [1.54, 1.807) is 24.3 Å². The lowest BCUT2D eigenvalue weighted by Gasteiger charge is -2.18. The van der Waals surface area contributed by atoms with Gasteiger partial charge in [0.2, 0.25) is 0 Å². The van der Waals surface area contributed by atoms with Crippen LogP contribution in [-0.4, -0.2) is 16.1 Å². The summed E-state index contributed by atoms with van der Waals surface area (Å²) < 4.78 is 32.0. The van der Waals surface area contributed by atoms with Gasteiger partial charge in [0.15, 0.2) is 0 Å². The molecule has 5 aromatic rings. The number of hydrogen-bond donors (Lipinski definition) is 1. The van der Waals surface area contributed by atoms with Gasteiger partial charge in [0.1, 0.15) is 48.4 Å². The van der Waals surface area contributed by atoms with Crippen molar-refractivity contribution in [3.63, 3.8) is 0 Å². The summed E-state index contributed by atoms with van der Waals surface area (Å²) in [5, 5.41) is 4.57. The number of rotatable bonds is 10. The maximum atomic E-state index is 13.5. The monoisotopic (exact) mass is 569 g/mol. The van der Waals surface area contributed by atoms with E-state index < -0.39 is 0 Å². The highest BCUT2D eigenvalue weighted by atomic mass is 35.5. The molecule has 1 aromatic heterocycles. The first-order valence-electron chi connectivity index (χ1n) is 13.7. The highest BCUT2D eigenvalue weighted by Crippen LogP contribution is 2.38. The molecule has 0 radical (unpaired) electrons. The average Bonchev–Trinajstić information content (AvgIpc) is 3.49.